The minimum Gasteiger partial charge on any atom is -0.326 e. The highest BCUT2D eigenvalue weighted by Gasteiger charge is 2.19. The number of aryl methyl sites for hydroxylation is 2. The molecule has 13 heavy (non-hydrogen) atoms. The number of nitrogens with two attached hydrogens (primary N) is 1. The van der Waals surface area contributed by atoms with Crippen molar-refractivity contribution in [1.29, 1.82) is 0 Å². The van der Waals surface area contributed by atoms with Crippen LogP contribution in [-0.4, -0.2) is 20.8 Å². The molecule has 0 amide bonds. The van der Waals surface area contributed by atoms with E-state index < -0.39 is 0 Å². The Kier molecular flexibility index (Phi) is 2.31. The standard InChI is InChI=1S/C9H16N4/c1-2-3-8-11-12-9-5-4-7(10)6-13(8)9/h7H,2-6,10H2,1H3. The van der Waals surface area contributed by atoms with Gasteiger partial charge in [0.2, 0.25) is 0 Å². The maximum atomic E-state index is 5.90. The van der Waals surface area contributed by atoms with Gasteiger partial charge in [-0.05, 0) is 12.8 Å². The van der Waals surface area contributed by atoms with Crippen LogP contribution in [0.1, 0.15) is 31.4 Å². The van der Waals surface area contributed by atoms with Crippen molar-refractivity contribution in [2.45, 2.75) is 45.2 Å². The molecule has 0 fully saturated rings. The quantitative estimate of drug-likeness (QED) is 0.721. The second kappa shape index (κ2) is 3.46. The molecule has 0 radical (unpaired) electrons. The smallest absolute Gasteiger partial charge is 0.133 e. The molecule has 4 nitrogen and oxygen atoms in total. The van der Waals surface area contributed by atoms with Gasteiger partial charge in [0.1, 0.15) is 11.6 Å². The third kappa shape index (κ3) is 1.58. The van der Waals surface area contributed by atoms with Crippen LogP contribution in [0.5, 0.6) is 0 Å². The number of hydrogen-bond donors (Lipinski definition) is 1. The van der Waals surface area contributed by atoms with Crippen molar-refractivity contribution < 1.29 is 0 Å². The van der Waals surface area contributed by atoms with E-state index in [9.17, 15) is 0 Å². The summed E-state index contributed by atoms with van der Waals surface area (Å²) in [4.78, 5) is 0. The Hall–Kier alpha value is -0.900. The van der Waals surface area contributed by atoms with Gasteiger partial charge in [-0.25, -0.2) is 0 Å². The minimum absolute atomic E-state index is 0.291. The Morgan fingerprint density at radius 2 is 2.38 bits per heavy atom. The molecule has 0 aromatic carbocycles. The van der Waals surface area contributed by atoms with E-state index in [0.29, 0.717) is 6.04 Å². The summed E-state index contributed by atoms with van der Waals surface area (Å²) < 4.78 is 2.19. The van der Waals surface area contributed by atoms with Gasteiger partial charge in [0, 0.05) is 25.4 Å². The largest absolute Gasteiger partial charge is 0.326 e. The average Bonchev–Trinajstić information content (AvgIpc) is 2.49. The molecule has 72 valence electrons. The monoisotopic (exact) mass is 180 g/mol. The third-order valence-corrected chi connectivity index (χ3v) is 2.53. The summed E-state index contributed by atoms with van der Waals surface area (Å²) >= 11 is 0. The molecule has 0 aliphatic carbocycles. The minimum atomic E-state index is 0.291. The van der Waals surface area contributed by atoms with E-state index in [1.54, 1.807) is 0 Å². The van der Waals surface area contributed by atoms with Gasteiger partial charge in [-0.3, -0.25) is 0 Å². The van der Waals surface area contributed by atoms with Gasteiger partial charge < -0.3 is 10.3 Å². The molecule has 1 aliphatic heterocycles. The van der Waals surface area contributed by atoms with Crippen molar-refractivity contribution in [1.82, 2.24) is 14.8 Å². The zero-order valence-electron chi connectivity index (χ0n) is 8.03. The van der Waals surface area contributed by atoms with Crippen LogP contribution < -0.4 is 5.73 Å². The fourth-order valence-corrected chi connectivity index (χ4v) is 1.82. The number of aromatic nitrogens is 3. The Morgan fingerprint density at radius 3 is 3.15 bits per heavy atom. The second-order valence-corrected chi connectivity index (χ2v) is 3.69. The Morgan fingerprint density at radius 1 is 1.54 bits per heavy atom. The molecule has 1 unspecified atom stereocenters. The van der Waals surface area contributed by atoms with Crippen LogP contribution in [-0.2, 0) is 19.4 Å². The van der Waals surface area contributed by atoms with Gasteiger partial charge >= 0.3 is 0 Å². The summed E-state index contributed by atoms with van der Waals surface area (Å²) in [6.45, 7) is 3.06. The molecular formula is C9H16N4. The molecule has 0 saturated heterocycles. The van der Waals surface area contributed by atoms with Crippen molar-refractivity contribution >= 4 is 0 Å². The molecule has 2 rings (SSSR count). The molecule has 1 aromatic rings. The van der Waals surface area contributed by atoms with Crippen LogP contribution in [0.2, 0.25) is 0 Å². The Balaban J connectivity index is 2.25. The summed E-state index contributed by atoms with van der Waals surface area (Å²) in [6.07, 6.45) is 4.16. The number of rotatable bonds is 2. The first-order chi connectivity index (χ1) is 6.31. The lowest BCUT2D eigenvalue weighted by molar-refractivity contribution is 0.443. The number of fused-ring (bicyclic) bond motifs is 1. The lowest BCUT2D eigenvalue weighted by Gasteiger charge is -2.20. The maximum absolute atomic E-state index is 5.90. The van der Waals surface area contributed by atoms with Crippen LogP contribution in [0.15, 0.2) is 0 Å². The lowest BCUT2D eigenvalue weighted by atomic mass is 10.1. The molecule has 2 N–H and O–H groups in total. The van der Waals surface area contributed by atoms with E-state index in [4.69, 9.17) is 5.73 Å². The maximum Gasteiger partial charge on any atom is 0.133 e. The first kappa shape index (κ1) is 8.69. The molecule has 0 spiro atoms. The van der Waals surface area contributed by atoms with Gasteiger partial charge in [-0.1, -0.05) is 6.92 Å². The van der Waals surface area contributed by atoms with Crippen molar-refractivity contribution in [2.24, 2.45) is 5.73 Å². The van der Waals surface area contributed by atoms with Crippen LogP contribution >= 0.6 is 0 Å². The van der Waals surface area contributed by atoms with Gasteiger partial charge in [-0.2, -0.15) is 0 Å². The summed E-state index contributed by atoms with van der Waals surface area (Å²) in [5, 5.41) is 8.35. The van der Waals surface area contributed by atoms with E-state index in [-0.39, 0.29) is 0 Å². The van der Waals surface area contributed by atoms with Gasteiger partial charge in [0.25, 0.3) is 0 Å². The van der Waals surface area contributed by atoms with Gasteiger partial charge in [-0.15, -0.1) is 10.2 Å². The highest BCUT2D eigenvalue weighted by atomic mass is 15.3. The van der Waals surface area contributed by atoms with Crippen LogP contribution in [0.3, 0.4) is 0 Å². The van der Waals surface area contributed by atoms with E-state index >= 15 is 0 Å². The van der Waals surface area contributed by atoms with Crippen LogP contribution in [0.4, 0.5) is 0 Å². The summed E-state index contributed by atoms with van der Waals surface area (Å²) in [6, 6.07) is 0.291. The highest BCUT2D eigenvalue weighted by Crippen LogP contribution is 2.14. The van der Waals surface area contributed by atoms with E-state index in [2.05, 4.69) is 21.7 Å². The number of hydrogen-bond acceptors (Lipinski definition) is 3. The first-order valence-electron chi connectivity index (χ1n) is 4.97. The summed E-state index contributed by atoms with van der Waals surface area (Å²) in [5.74, 6) is 2.22. The average molecular weight is 180 g/mol. The second-order valence-electron chi connectivity index (χ2n) is 3.69. The topological polar surface area (TPSA) is 56.7 Å². The van der Waals surface area contributed by atoms with E-state index in [1.165, 1.54) is 0 Å². The lowest BCUT2D eigenvalue weighted by Crippen LogP contribution is -2.32. The number of nitrogens with zero attached hydrogens (tertiary/aromatic N) is 3. The normalized spacial score (nSPS) is 21.5. The molecular weight excluding hydrogens is 164 g/mol. The Bertz CT molecular complexity index is 292. The van der Waals surface area contributed by atoms with Gasteiger partial charge in [0.15, 0.2) is 0 Å². The summed E-state index contributed by atoms with van der Waals surface area (Å²) in [5.41, 5.74) is 5.90. The molecule has 1 aliphatic rings. The first-order valence-corrected chi connectivity index (χ1v) is 4.97. The predicted molar refractivity (Wildman–Crippen MR) is 50.3 cm³/mol. The molecule has 0 bridgehead atoms. The zero-order valence-corrected chi connectivity index (χ0v) is 8.03. The van der Waals surface area contributed by atoms with Crippen LogP contribution in [0.25, 0.3) is 0 Å². The Labute approximate surface area is 78.1 Å². The van der Waals surface area contributed by atoms with Crippen molar-refractivity contribution in [3.8, 4) is 0 Å². The molecule has 0 saturated carbocycles. The van der Waals surface area contributed by atoms with Crippen molar-refractivity contribution in [3.63, 3.8) is 0 Å². The van der Waals surface area contributed by atoms with Crippen molar-refractivity contribution in [3.05, 3.63) is 11.6 Å². The molecule has 2 heterocycles. The summed E-state index contributed by atoms with van der Waals surface area (Å²) in [7, 11) is 0. The van der Waals surface area contributed by atoms with Crippen LogP contribution in [0, 0.1) is 0 Å². The fraction of sp³-hybridized carbons (Fsp3) is 0.778. The molecule has 4 heteroatoms. The fourth-order valence-electron chi connectivity index (χ4n) is 1.82. The predicted octanol–water partition coefficient (Wildman–Crippen LogP) is 0.504. The van der Waals surface area contributed by atoms with E-state index in [0.717, 1.165) is 43.9 Å². The zero-order chi connectivity index (χ0) is 9.26. The van der Waals surface area contributed by atoms with Gasteiger partial charge in [0.05, 0.1) is 0 Å². The van der Waals surface area contributed by atoms with Crippen molar-refractivity contribution in [2.75, 3.05) is 0 Å². The SMILES string of the molecule is CCCc1nnc2n1CC(N)CC2. The third-order valence-electron chi connectivity index (χ3n) is 2.53. The molecule has 1 atom stereocenters. The highest BCUT2D eigenvalue weighted by molar-refractivity contribution is 5.00. The molecule has 1 aromatic heterocycles. The van der Waals surface area contributed by atoms with E-state index in [1.807, 2.05) is 0 Å².